The normalized spacial score (nSPS) is 8.20. The summed E-state index contributed by atoms with van der Waals surface area (Å²) in [5.74, 6) is 2.90. The molecule has 1 heteroatoms. The fourth-order valence-electron chi connectivity index (χ4n) is 0.690. The van der Waals surface area contributed by atoms with E-state index in [4.69, 9.17) is 0 Å². The number of rotatable bonds is 4. The predicted octanol–water partition coefficient (Wildman–Crippen LogP) is 2.38. The molecule has 0 saturated carbocycles. The van der Waals surface area contributed by atoms with E-state index >= 15 is 0 Å². The molecule has 0 heterocycles. The Morgan fingerprint density at radius 1 is 1.30 bits per heavy atom. The highest BCUT2D eigenvalue weighted by Crippen LogP contribution is 2.00. The first kappa shape index (κ1) is 9.36. The van der Waals surface area contributed by atoms with Crippen LogP contribution in [0, 0.1) is 19.0 Å². The molecular weight excluding hydrogens is 124 g/mol. The van der Waals surface area contributed by atoms with E-state index in [1.165, 1.54) is 19.3 Å². The van der Waals surface area contributed by atoms with Gasteiger partial charge in [0.25, 0.3) is 0 Å². The van der Waals surface area contributed by atoms with Crippen molar-refractivity contribution in [1.29, 1.82) is 0 Å². The van der Waals surface area contributed by atoms with Gasteiger partial charge in [-0.25, -0.2) is 0 Å². The zero-order chi connectivity index (χ0) is 7.66. The van der Waals surface area contributed by atoms with Crippen LogP contribution in [-0.4, -0.2) is 7.11 Å². The molecular formula is C9H15O. The summed E-state index contributed by atoms with van der Waals surface area (Å²) in [6.45, 7) is 3.76. The van der Waals surface area contributed by atoms with Gasteiger partial charge in [0.15, 0.2) is 0 Å². The van der Waals surface area contributed by atoms with Crippen LogP contribution in [-0.2, 0) is 4.74 Å². The van der Waals surface area contributed by atoms with E-state index in [2.05, 4.69) is 23.7 Å². The Hall–Kier alpha value is -0.640. The number of hydrogen-bond acceptors (Lipinski definition) is 1. The van der Waals surface area contributed by atoms with Crippen LogP contribution in [0.15, 0.2) is 0 Å². The molecule has 0 amide bonds. The van der Waals surface area contributed by atoms with Crippen LogP contribution in [0.25, 0.3) is 0 Å². The van der Waals surface area contributed by atoms with Crippen molar-refractivity contribution in [3.63, 3.8) is 0 Å². The smallest absolute Gasteiger partial charge is 0.109 e. The molecule has 0 atom stereocenters. The van der Waals surface area contributed by atoms with Gasteiger partial charge in [0.05, 0.1) is 7.11 Å². The van der Waals surface area contributed by atoms with Gasteiger partial charge in [-0.15, -0.1) is 0 Å². The summed E-state index contributed by atoms with van der Waals surface area (Å²) >= 11 is 0. The van der Waals surface area contributed by atoms with Crippen molar-refractivity contribution in [3.05, 3.63) is 6.92 Å². The fourth-order valence-corrected chi connectivity index (χ4v) is 0.690. The maximum Gasteiger partial charge on any atom is 0.109 e. The van der Waals surface area contributed by atoms with Gasteiger partial charge in [0, 0.05) is 6.42 Å². The first-order chi connectivity index (χ1) is 4.91. The third-order valence-electron chi connectivity index (χ3n) is 1.23. The van der Waals surface area contributed by atoms with Crippen LogP contribution in [0.5, 0.6) is 0 Å². The summed E-state index contributed by atoms with van der Waals surface area (Å²) in [6.07, 6.45) is 8.18. The Morgan fingerprint density at radius 3 is 2.70 bits per heavy atom. The number of unbranched alkanes of at least 4 members (excludes halogenated alkanes) is 4. The lowest BCUT2D eigenvalue weighted by Crippen LogP contribution is -1.74. The second-order valence-corrected chi connectivity index (χ2v) is 2.15. The Balaban J connectivity index is 2.90. The second kappa shape index (κ2) is 8.36. The Bertz CT molecular complexity index is 108. The van der Waals surface area contributed by atoms with Gasteiger partial charge < -0.3 is 4.74 Å². The summed E-state index contributed by atoms with van der Waals surface area (Å²) in [5.41, 5.74) is 0. The molecule has 0 aliphatic carbocycles. The van der Waals surface area contributed by atoms with Crippen LogP contribution in [0.2, 0.25) is 0 Å². The molecule has 10 heavy (non-hydrogen) atoms. The number of methoxy groups -OCH3 is 1. The monoisotopic (exact) mass is 139 g/mol. The van der Waals surface area contributed by atoms with Gasteiger partial charge in [-0.2, -0.15) is 0 Å². The SMILES string of the molecule is [CH2]CCCCCC#COC. The maximum absolute atomic E-state index is 4.57. The molecule has 1 nitrogen and oxygen atoms in total. The van der Waals surface area contributed by atoms with E-state index in [0.717, 1.165) is 12.8 Å². The van der Waals surface area contributed by atoms with E-state index in [9.17, 15) is 0 Å². The second-order valence-electron chi connectivity index (χ2n) is 2.15. The van der Waals surface area contributed by atoms with E-state index in [0.29, 0.717) is 0 Å². The first-order valence-electron chi connectivity index (χ1n) is 3.72. The highest BCUT2D eigenvalue weighted by atomic mass is 16.5. The van der Waals surface area contributed by atoms with Crippen molar-refractivity contribution in [2.24, 2.45) is 0 Å². The predicted molar refractivity (Wildman–Crippen MR) is 43.2 cm³/mol. The minimum absolute atomic E-state index is 0.952. The molecule has 0 aromatic carbocycles. The average Bonchev–Trinajstić information content (AvgIpc) is 1.97. The van der Waals surface area contributed by atoms with Crippen molar-refractivity contribution in [1.82, 2.24) is 0 Å². The van der Waals surface area contributed by atoms with Crippen molar-refractivity contribution >= 4 is 0 Å². The van der Waals surface area contributed by atoms with Gasteiger partial charge in [-0.3, -0.25) is 0 Å². The van der Waals surface area contributed by atoms with Crippen molar-refractivity contribution in [2.75, 3.05) is 7.11 Å². The molecule has 0 spiro atoms. The largest absolute Gasteiger partial charge is 0.450 e. The van der Waals surface area contributed by atoms with Crippen molar-refractivity contribution in [2.45, 2.75) is 32.1 Å². The molecule has 0 aliphatic heterocycles. The summed E-state index contributed by atoms with van der Waals surface area (Å²) in [4.78, 5) is 0. The fraction of sp³-hybridized carbons (Fsp3) is 0.667. The zero-order valence-electron chi connectivity index (χ0n) is 6.65. The summed E-state index contributed by atoms with van der Waals surface area (Å²) < 4.78 is 4.57. The number of hydrogen-bond donors (Lipinski definition) is 0. The molecule has 0 bridgehead atoms. The molecule has 1 radical (unpaired) electrons. The third kappa shape index (κ3) is 7.36. The van der Waals surface area contributed by atoms with Crippen molar-refractivity contribution < 1.29 is 4.74 Å². The Kier molecular flexibility index (Phi) is 7.82. The Labute approximate surface area is 63.8 Å². The zero-order valence-corrected chi connectivity index (χ0v) is 6.65. The lowest BCUT2D eigenvalue weighted by molar-refractivity contribution is 0.371. The highest BCUT2D eigenvalue weighted by Gasteiger charge is 1.83. The van der Waals surface area contributed by atoms with Gasteiger partial charge in [-0.05, 0) is 6.42 Å². The number of ether oxygens (including phenoxy) is 1. The molecule has 0 fully saturated rings. The van der Waals surface area contributed by atoms with Crippen LogP contribution >= 0.6 is 0 Å². The van der Waals surface area contributed by atoms with Crippen LogP contribution < -0.4 is 0 Å². The van der Waals surface area contributed by atoms with E-state index in [1.807, 2.05) is 0 Å². The quantitative estimate of drug-likeness (QED) is 0.429. The molecule has 0 rings (SSSR count). The lowest BCUT2D eigenvalue weighted by Gasteiger charge is -1.91. The van der Waals surface area contributed by atoms with Gasteiger partial charge in [0.2, 0.25) is 0 Å². The maximum atomic E-state index is 4.57. The minimum Gasteiger partial charge on any atom is -0.450 e. The van der Waals surface area contributed by atoms with E-state index in [-0.39, 0.29) is 0 Å². The molecule has 57 valence electrons. The van der Waals surface area contributed by atoms with E-state index < -0.39 is 0 Å². The van der Waals surface area contributed by atoms with Crippen LogP contribution in [0.3, 0.4) is 0 Å². The van der Waals surface area contributed by atoms with Gasteiger partial charge in [0.1, 0.15) is 6.11 Å². The lowest BCUT2D eigenvalue weighted by atomic mass is 10.2. The molecule has 0 aromatic rings. The molecule has 0 saturated heterocycles. The molecule has 0 unspecified atom stereocenters. The summed E-state index contributed by atoms with van der Waals surface area (Å²) in [7, 11) is 1.59. The topological polar surface area (TPSA) is 9.23 Å². The summed E-state index contributed by atoms with van der Waals surface area (Å²) in [6, 6.07) is 0. The van der Waals surface area contributed by atoms with E-state index in [1.54, 1.807) is 7.11 Å². The third-order valence-corrected chi connectivity index (χ3v) is 1.23. The standard InChI is InChI=1S/C9H15O/c1-3-4-5-6-7-8-9-10-2/h1,3-7H2,2H3. The highest BCUT2D eigenvalue weighted by molar-refractivity contribution is 4.90. The van der Waals surface area contributed by atoms with Gasteiger partial charge >= 0.3 is 0 Å². The van der Waals surface area contributed by atoms with Gasteiger partial charge in [-0.1, -0.05) is 32.1 Å². The summed E-state index contributed by atoms with van der Waals surface area (Å²) in [5, 5.41) is 0. The molecule has 0 aliphatic rings. The average molecular weight is 139 g/mol. The minimum atomic E-state index is 0.952. The molecule has 0 aromatic heterocycles. The first-order valence-corrected chi connectivity index (χ1v) is 3.72. The van der Waals surface area contributed by atoms with Crippen LogP contribution in [0.1, 0.15) is 32.1 Å². The Morgan fingerprint density at radius 2 is 2.10 bits per heavy atom. The molecule has 0 N–H and O–H groups in total. The van der Waals surface area contributed by atoms with Crippen molar-refractivity contribution in [3.8, 4) is 12.0 Å². The van der Waals surface area contributed by atoms with Crippen LogP contribution in [0.4, 0.5) is 0 Å².